The molecule has 0 saturated heterocycles. The molecule has 7 heteroatoms. The predicted octanol–water partition coefficient (Wildman–Crippen LogP) is 1.62. The SMILES string of the molecule is CN(CC(=O)O)C(C(=O)O)c1c(F)cccc1Cl. The van der Waals surface area contributed by atoms with Crippen LogP contribution in [0.1, 0.15) is 11.6 Å². The topological polar surface area (TPSA) is 77.8 Å². The number of hydrogen-bond acceptors (Lipinski definition) is 3. The Morgan fingerprint density at radius 3 is 2.50 bits per heavy atom. The first kappa shape index (κ1) is 14.4. The summed E-state index contributed by atoms with van der Waals surface area (Å²) in [5.74, 6) is -3.37. The Morgan fingerprint density at radius 1 is 1.44 bits per heavy atom. The second-order valence-corrected chi connectivity index (χ2v) is 4.09. The van der Waals surface area contributed by atoms with E-state index in [1.807, 2.05) is 0 Å². The van der Waals surface area contributed by atoms with Crippen LogP contribution in [0, 0.1) is 5.82 Å². The summed E-state index contributed by atoms with van der Waals surface area (Å²) in [5.41, 5.74) is -0.240. The second-order valence-electron chi connectivity index (χ2n) is 3.68. The number of halogens is 2. The fraction of sp³-hybridized carbons (Fsp3) is 0.273. The van der Waals surface area contributed by atoms with Gasteiger partial charge in [0.1, 0.15) is 11.9 Å². The van der Waals surface area contributed by atoms with Gasteiger partial charge in [0.15, 0.2) is 0 Å². The Labute approximate surface area is 107 Å². The lowest BCUT2D eigenvalue weighted by Crippen LogP contribution is -2.35. The third-order valence-corrected chi connectivity index (χ3v) is 2.66. The Kier molecular flexibility index (Phi) is 4.63. The molecule has 1 rings (SSSR count). The van der Waals surface area contributed by atoms with Crippen molar-refractivity contribution in [2.45, 2.75) is 6.04 Å². The van der Waals surface area contributed by atoms with E-state index < -0.39 is 30.3 Å². The van der Waals surface area contributed by atoms with Gasteiger partial charge in [-0.05, 0) is 19.2 Å². The minimum atomic E-state index is -1.45. The van der Waals surface area contributed by atoms with Crippen LogP contribution in [-0.4, -0.2) is 40.6 Å². The molecule has 0 aliphatic carbocycles. The second kappa shape index (κ2) is 5.79. The van der Waals surface area contributed by atoms with Gasteiger partial charge in [0.2, 0.25) is 0 Å². The van der Waals surface area contributed by atoms with Gasteiger partial charge in [-0.1, -0.05) is 17.7 Å². The number of carbonyl (C=O) groups is 2. The number of carboxylic acid groups (broad SMARTS) is 2. The first-order chi connectivity index (χ1) is 8.34. The summed E-state index contributed by atoms with van der Waals surface area (Å²) in [7, 11) is 1.27. The van der Waals surface area contributed by atoms with E-state index in [2.05, 4.69) is 0 Å². The van der Waals surface area contributed by atoms with E-state index in [-0.39, 0.29) is 10.6 Å². The average Bonchev–Trinajstić information content (AvgIpc) is 2.21. The van der Waals surface area contributed by atoms with Gasteiger partial charge in [-0.25, -0.2) is 4.39 Å². The van der Waals surface area contributed by atoms with Crippen molar-refractivity contribution in [1.29, 1.82) is 0 Å². The molecular formula is C11H11ClFNO4. The van der Waals surface area contributed by atoms with E-state index in [9.17, 15) is 14.0 Å². The third kappa shape index (κ3) is 3.18. The van der Waals surface area contributed by atoms with Crippen molar-refractivity contribution in [1.82, 2.24) is 4.90 Å². The molecule has 1 aromatic carbocycles. The molecular weight excluding hydrogens is 265 g/mol. The van der Waals surface area contributed by atoms with E-state index in [4.69, 9.17) is 21.8 Å². The van der Waals surface area contributed by atoms with Crippen LogP contribution < -0.4 is 0 Å². The standard InChI is InChI=1S/C11H11ClFNO4/c1-14(5-8(15)16)10(11(17)18)9-6(12)3-2-4-7(9)13/h2-4,10H,5H2,1H3,(H,15,16)(H,17,18). The molecule has 2 N–H and O–H groups in total. The molecule has 0 aliphatic heterocycles. The molecule has 0 spiro atoms. The zero-order valence-corrected chi connectivity index (χ0v) is 10.2. The summed E-state index contributed by atoms with van der Waals surface area (Å²) in [6.45, 7) is -0.540. The van der Waals surface area contributed by atoms with E-state index in [0.29, 0.717) is 0 Å². The van der Waals surface area contributed by atoms with Crippen LogP contribution in [-0.2, 0) is 9.59 Å². The molecule has 0 aromatic heterocycles. The minimum absolute atomic E-state index is 0.0559. The summed E-state index contributed by atoms with van der Waals surface area (Å²) in [6, 6.07) is 2.32. The Morgan fingerprint density at radius 2 is 2.06 bits per heavy atom. The van der Waals surface area contributed by atoms with Gasteiger partial charge in [0, 0.05) is 10.6 Å². The molecule has 0 heterocycles. The fourth-order valence-electron chi connectivity index (χ4n) is 1.61. The smallest absolute Gasteiger partial charge is 0.325 e. The lowest BCUT2D eigenvalue weighted by molar-refractivity contribution is -0.145. The first-order valence-corrected chi connectivity index (χ1v) is 5.31. The highest BCUT2D eigenvalue weighted by molar-refractivity contribution is 6.31. The van der Waals surface area contributed by atoms with E-state index >= 15 is 0 Å². The zero-order chi connectivity index (χ0) is 13.9. The molecule has 0 radical (unpaired) electrons. The molecule has 1 unspecified atom stereocenters. The molecule has 0 amide bonds. The third-order valence-electron chi connectivity index (χ3n) is 2.33. The normalized spacial score (nSPS) is 12.4. The molecule has 5 nitrogen and oxygen atoms in total. The quantitative estimate of drug-likeness (QED) is 0.854. The minimum Gasteiger partial charge on any atom is -0.480 e. The summed E-state index contributed by atoms with van der Waals surface area (Å²) < 4.78 is 13.6. The number of carboxylic acids is 2. The van der Waals surface area contributed by atoms with Crippen LogP contribution in [0.25, 0.3) is 0 Å². The Balaban J connectivity index is 3.20. The van der Waals surface area contributed by atoms with Crippen LogP contribution in [0.5, 0.6) is 0 Å². The molecule has 98 valence electrons. The van der Waals surface area contributed by atoms with Crippen molar-refractivity contribution in [2.24, 2.45) is 0 Å². The Hall–Kier alpha value is -1.66. The number of likely N-dealkylation sites (N-methyl/N-ethyl adjacent to an activating group) is 1. The first-order valence-electron chi connectivity index (χ1n) is 4.93. The van der Waals surface area contributed by atoms with Crippen LogP contribution in [0.4, 0.5) is 4.39 Å². The maximum Gasteiger partial charge on any atom is 0.325 e. The van der Waals surface area contributed by atoms with E-state index in [0.717, 1.165) is 11.0 Å². The highest BCUT2D eigenvalue weighted by Crippen LogP contribution is 2.29. The fourth-order valence-corrected chi connectivity index (χ4v) is 1.88. The molecule has 0 fully saturated rings. The monoisotopic (exact) mass is 275 g/mol. The molecule has 1 atom stereocenters. The van der Waals surface area contributed by atoms with Gasteiger partial charge >= 0.3 is 11.9 Å². The molecule has 0 bridgehead atoms. The van der Waals surface area contributed by atoms with Crippen LogP contribution in [0.15, 0.2) is 18.2 Å². The maximum atomic E-state index is 13.6. The highest BCUT2D eigenvalue weighted by atomic mass is 35.5. The number of rotatable bonds is 5. The average molecular weight is 276 g/mol. The predicted molar refractivity (Wildman–Crippen MR) is 62.1 cm³/mol. The van der Waals surface area contributed by atoms with Crippen LogP contribution in [0.3, 0.4) is 0 Å². The summed E-state index contributed by atoms with van der Waals surface area (Å²) >= 11 is 5.77. The molecule has 18 heavy (non-hydrogen) atoms. The van der Waals surface area contributed by atoms with Crippen LogP contribution in [0.2, 0.25) is 5.02 Å². The van der Waals surface area contributed by atoms with Crippen molar-refractivity contribution < 1.29 is 24.2 Å². The number of nitrogens with zero attached hydrogens (tertiary/aromatic N) is 1. The number of benzene rings is 1. The van der Waals surface area contributed by atoms with E-state index in [1.54, 1.807) is 0 Å². The molecule has 1 aromatic rings. The largest absolute Gasteiger partial charge is 0.480 e. The number of aliphatic carboxylic acids is 2. The van der Waals surface area contributed by atoms with Gasteiger partial charge in [0.25, 0.3) is 0 Å². The maximum absolute atomic E-state index is 13.6. The van der Waals surface area contributed by atoms with Gasteiger partial charge in [-0.3, -0.25) is 14.5 Å². The summed E-state index contributed by atoms with van der Waals surface area (Å²) in [4.78, 5) is 22.7. The van der Waals surface area contributed by atoms with Crippen molar-refractivity contribution in [3.05, 3.63) is 34.6 Å². The lowest BCUT2D eigenvalue weighted by Gasteiger charge is -2.24. The van der Waals surface area contributed by atoms with Crippen LogP contribution >= 0.6 is 11.6 Å². The van der Waals surface area contributed by atoms with Crippen molar-refractivity contribution in [3.8, 4) is 0 Å². The van der Waals surface area contributed by atoms with Gasteiger partial charge in [0.05, 0.1) is 6.54 Å². The molecule has 0 saturated carbocycles. The summed E-state index contributed by atoms with van der Waals surface area (Å²) in [5, 5.41) is 17.7. The van der Waals surface area contributed by atoms with E-state index in [1.165, 1.54) is 19.2 Å². The zero-order valence-electron chi connectivity index (χ0n) is 9.43. The van der Waals surface area contributed by atoms with Crippen molar-refractivity contribution >= 4 is 23.5 Å². The highest BCUT2D eigenvalue weighted by Gasteiger charge is 2.30. The molecule has 0 aliphatic rings. The Bertz CT molecular complexity index is 460. The van der Waals surface area contributed by atoms with Gasteiger partial charge < -0.3 is 10.2 Å². The van der Waals surface area contributed by atoms with Crippen molar-refractivity contribution in [3.63, 3.8) is 0 Å². The van der Waals surface area contributed by atoms with Gasteiger partial charge in [-0.2, -0.15) is 0 Å². The number of hydrogen-bond donors (Lipinski definition) is 2. The lowest BCUT2D eigenvalue weighted by atomic mass is 10.0. The summed E-state index contributed by atoms with van der Waals surface area (Å²) in [6.07, 6.45) is 0. The van der Waals surface area contributed by atoms with Crippen molar-refractivity contribution in [2.75, 3.05) is 13.6 Å². The van der Waals surface area contributed by atoms with Gasteiger partial charge in [-0.15, -0.1) is 0 Å².